The second-order valence-electron chi connectivity index (χ2n) is 6.90. The molecular formula is C17H28N2O. The minimum Gasteiger partial charge on any atom is -0.380 e. The maximum absolute atomic E-state index is 11.9. The molecule has 0 spiro atoms. The standard InChI is InChI=1S/C17H28N2O/c1-13(2)15(19-14-9-7-6-8-10-14)12-18-16(20)11-17(3,4)5/h6-10,13,15,19H,11-12H2,1-5H3,(H,18,20). The maximum Gasteiger partial charge on any atom is 0.220 e. The van der Waals surface area contributed by atoms with Crippen molar-refractivity contribution in [1.82, 2.24) is 5.32 Å². The Kier molecular flexibility index (Phi) is 6.05. The van der Waals surface area contributed by atoms with E-state index in [0.717, 1.165) is 5.69 Å². The van der Waals surface area contributed by atoms with Crippen molar-refractivity contribution in [1.29, 1.82) is 0 Å². The van der Waals surface area contributed by atoms with Crippen LogP contribution in [0.25, 0.3) is 0 Å². The van der Waals surface area contributed by atoms with Gasteiger partial charge in [0, 0.05) is 24.7 Å². The molecule has 0 bridgehead atoms. The SMILES string of the molecule is CC(C)C(CNC(=O)CC(C)(C)C)Nc1ccccc1. The number of carbonyl (C=O) groups excluding carboxylic acids is 1. The van der Waals surface area contributed by atoms with Crippen molar-refractivity contribution in [2.45, 2.75) is 47.1 Å². The normalized spacial score (nSPS) is 13.1. The van der Waals surface area contributed by atoms with Crippen molar-refractivity contribution >= 4 is 11.6 Å². The molecule has 1 aromatic rings. The lowest BCUT2D eigenvalue weighted by Gasteiger charge is -2.25. The highest BCUT2D eigenvalue weighted by molar-refractivity contribution is 5.76. The lowest BCUT2D eigenvalue weighted by atomic mass is 9.92. The Bertz CT molecular complexity index is 407. The highest BCUT2D eigenvalue weighted by Gasteiger charge is 2.18. The molecule has 0 aliphatic heterocycles. The van der Waals surface area contributed by atoms with Crippen molar-refractivity contribution in [2.24, 2.45) is 11.3 Å². The Balaban J connectivity index is 2.50. The Hall–Kier alpha value is -1.51. The predicted molar refractivity (Wildman–Crippen MR) is 85.8 cm³/mol. The fraction of sp³-hybridized carbons (Fsp3) is 0.588. The minimum atomic E-state index is 0.0320. The largest absolute Gasteiger partial charge is 0.380 e. The number of amides is 1. The second-order valence-corrected chi connectivity index (χ2v) is 6.90. The van der Waals surface area contributed by atoms with Gasteiger partial charge in [0.2, 0.25) is 5.91 Å². The van der Waals surface area contributed by atoms with E-state index in [1.807, 2.05) is 30.3 Å². The number of para-hydroxylation sites is 1. The van der Waals surface area contributed by atoms with Crippen LogP contribution < -0.4 is 10.6 Å². The summed E-state index contributed by atoms with van der Waals surface area (Å²) in [5, 5.41) is 6.52. The Morgan fingerprint density at radius 2 is 1.75 bits per heavy atom. The smallest absolute Gasteiger partial charge is 0.220 e. The third-order valence-electron chi connectivity index (χ3n) is 3.14. The monoisotopic (exact) mass is 276 g/mol. The molecule has 112 valence electrons. The van der Waals surface area contributed by atoms with Gasteiger partial charge in [-0.25, -0.2) is 0 Å². The van der Waals surface area contributed by atoms with Gasteiger partial charge < -0.3 is 10.6 Å². The van der Waals surface area contributed by atoms with E-state index in [1.54, 1.807) is 0 Å². The van der Waals surface area contributed by atoms with Crippen molar-refractivity contribution in [3.63, 3.8) is 0 Å². The summed E-state index contributed by atoms with van der Waals surface area (Å²) in [5.74, 6) is 0.572. The van der Waals surface area contributed by atoms with Crippen LogP contribution in [-0.2, 0) is 4.79 Å². The molecule has 0 saturated carbocycles. The first-order valence-electron chi connectivity index (χ1n) is 7.36. The molecule has 1 aromatic carbocycles. The molecule has 1 unspecified atom stereocenters. The molecule has 1 atom stereocenters. The van der Waals surface area contributed by atoms with Crippen LogP contribution in [0.4, 0.5) is 5.69 Å². The molecule has 0 fully saturated rings. The first kappa shape index (κ1) is 16.5. The van der Waals surface area contributed by atoms with E-state index >= 15 is 0 Å². The molecule has 0 saturated heterocycles. The Labute approximate surface area is 123 Å². The first-order valence-corrected chi connectivity index (χ1v) is 7.36. The highest BCUT2D eigenvalue weighted by atomic mass is 16.1. The first-order chi connectivity index (χ1) is 9.28. The van der Waals surface area contributed by atoms with Crippen LogP contribution in [0.1, 0.15) is 41.0 Å². The third-order valence-corrected chi connectivity index (χ3v) is 3.14. The van der Waals surface area contributed by atoms with Crippen LogP contribution in [-0.4, -0.2) is 18.5 Å². The number of carbonyl (C=O) groups is 1. The van der Waals surface area contributed by atoms with E-state index in [1.165, 1.54) is 0 Å². The van der Waals surface area contributed by atoms with Crippen molar-refractivity contribution in [2.75, 3.05) is 11.9 Å². The molecule has 0 radical (unpaired) electrons. The van der Waals surface area contributed by atoms with E-state index in [0.29, 0.717) is 18.9 Å². The molecule has 0 heterocycles. The number of anilines is 1. The predicted octanol–water partition coefficient (Wildman–Crippen LogP) is 3.68. The average Bonchev–Trinajstić information content (AvgIpc) is 2.33. The quantitative estimate of drug-likeness (QED) is 0.832. The topological polar surface area (TPSA) is 41.1 Å². The number of benzene rings is 1. The molecule has 1 amide bonds. The van der Waals surface area contributed by atoms with Gasteiger partial charge in [-0.15, -0.1) is 0 Å². The highest BCUT2D eigenvalue weighted by Crippen LogP contribution is 2.18. The molecule has 1 rings (SSSR count). The number of nitrogens with one attached hydrogen (secondary N) is 2. The van der Waals surface area contributed by atoms with Crippen LogP contribution in [0, 0.1) is 11.3 Å². The number of hydrogen-bond donors (Lipinski definition) is 2. The fourth-order valence-corrected chi connectivity index (χ4v) is 1.97. The lowest BCUT2D eigenvalue weighted by molar-refractivity contribution is -0.122. The van der Waals surface area contributed by atoms with Gasteiger partial charge >= 0.3 is 0 Å². The van der Waals surface area contributed by atoms with Crippen LogP contribution in [0.15, 0.2) is 30.3 Å². The molecule has 0 aliphatic rings. The van der Waals surface area contributed by atoms with E-state index in [2.05, 4.69) is 45.3 Å². The summed E-state index contributed by atoms with van der Waals surface area (Å²) in [6.45, 7) is 11.2. The van der Waals surface area contributed by atoms with Gasteiger partial charge in [0.25, 0.3) is 0 Å². The van der Waals surface area contributed by atoms with Gasteiger partial charge in [0.05, 0.1) is 0 Å². The van der Waals surface area contributed by atoms with Gasteiger partial charge in [-0.05, 0) is 23.5 Å². The fourth-order valence-electron chi connectivity index (χ4n) is 1.97. The molecule has 2 N–H and O–H groups in total. The van der Waals surface area contributed by atoms with E-state index < -0.39 is 0 Å². The lowest BCUT2D eigenvalue weighted by Crippen LogP contribution is -2.40. The summed E-state index contributed by atoms with van der Waals surface area (Å²) in [4.78, 5) is 11.9. The summed E-state index contributed by atoms with van der Waals surface area (Å²) < 4.78 is 0. The summed E-state index contributed by atoms with van der Waals surface area (Å²) in [6, 6.07) is 10.4. The number of rotatable bonds is 6. The molecule has 3 nitrogen and oxygen atoms in total. The van der Waals surface area contributed by atoms with E-state index in [9.17, 15) is 4.79 Å². The van der Waals surface area contributed by atoms with Crippen molar-refractivity contribution < 1.29 is 4.79 Å². The Morgan fingerprint density at radius 1 is 1.15 bits per heavy atom. The zero-order valence-corrected chi connectivity index (χ0v) is 13.4. The molecule has 0 aliphatic carbocycles. The molecular weight excluding hydrogens is 248 g/mol. The maximum atomic E-state index is 11.9. The summed E-state index contributed by atoms with van der Waals surface area (Å²) in [6.07, 6.45) is 0.559. The van der Waals surface area contributed by atoms with Crippen LogP contribution in [0.5, 0.6) is 0 Å². The summed E-state index contributed by atoms with van der Waals surface area (Å²) in [5.41, 5.74) is 1.13. The van der Waals surface area contributed by atoms with E-state index in [4.69, 9.17) is 0 Å². The third kappa shape index (κ3) is 6.60. The van der Waals surface area contributed by atoms with Crippen molar-refractivity contribution in [3.05, 3.63) is 30.3 Å². The van der Waals surface area contributed by atoms with Gasteiger partial charge in [0.15, 0.2) is 0 Å². The molecule has 3 heteroatoms. The van der Waals surface area contributed by atoms with Crippen molar-refractivity contribution in [3.8, 4) is 0 Å². The Morgan fingerprint density at radius 3 is 2.25 bits per heavy atom. The minimum absolute atomic E-state index is 0.0320. The van der Waals surface area contributed by atoms with Gasteiger partial charge in [-0.3, -0.25) is 4.79 Å². The van der Waals surface area contributed by atoms with E-state index in [-0.39, 0.29) is 17.4 Å². The van der Waals surface area contributed by atoms with Gasteiger partial charge in [-0.1, -0.05) is 52.8 Å². The zero-order valence-electron chi connectivity index (χ0n) is 13.4. The second kappa shape index (κ2) is 7.32. The molecule has 20 heavy (non-hydrogen) atoms. The molecule has 0 aromatic heterocycles. The zero-order chi connectivity index (χ0) is 15.2. The average molecular weight is 276 g/mol. The van der Waals surface area contributed by atoms with Crippen LogP contribution in [0.3, 0.4) is 0 Å². The summed E-state index contributed by atoms with van der Waals surface area (Å²) in [7, 11) is 0. The van der Waals surface area contributed by atoms with Gasteiger partial charge in [-0.2, -0.15) is 0 Å². The van der Waals surface area contributed by atoms with Crippen LogP contribution >= 0.6 is 0 Å². The number of hydrogen-bond acceptors (Lipinski definition) is 2. The van der Waals surface area contributed by atoms with Crippen LogP contribution in [0.2, 0.25) is 0 Å². The summed E-state index contributed by atoms with van der Waals surface area (Å²) >= 11 is 0. The van der Waals surface area contributed by atoms with Gasteiger partial charge in [0.1, 0.15) is 0 Å².